The first-order valence-electron chi connectivity index (χ1n) is 8.36. The average molecular weight is 345 g/mol. The van der Waals surface area contributed by atoms with Crippen LogP contribution in [0.1, 0.15) is 26.2 Å². The summed E-state index contributed by atoms with van der Waals surface area (Å²) in [5, 5.41) is 10.4. The van der Waals surface area contributed by atoms with E-state index < -0.39 is 6.10 Å². The summed E-state index contributed by atoms with van der Waals surface area (Å²) in [5.74, 6) is -0.560. The second kappa shape index (κ2) is 11.5. The molecular formula is C17H31NO6. The first-order valence-corrected chi connectivity index (χ1v) is 8.36. The number of aliphatic hydroxyl groups excluding tert-OH is 1. The molecule has 4 atom stereocenters. The third kappa shape index (κ3) is 5.82. The van der Waals surface area contributed by atoms with Gasteiger partial charge in [-0.25, -0.2) is 0 Å². The lowest BCUT2D eigenvalue weighted by Gasteiger charge is -2.33. The van der Waals surface area contributed by atoms with Gasteiger partial charge in [-0.3, -0.25) is 4.79 Å². The van der Waals surface area contributed by atoms with Crippen molar-refractivity contribution in [1.29, 1.82) is 0 Å². The molecule has 0 radical (unpaired) electrons. The molecule has 1 saturated heterocycles. The largest absolute Gasteiger partial charge is 0.383 e. The average Bonchev–Trinajstić information content (AvgIpc) is 2.98. The molecule has 140 valence electrons. The van der Waals surface area contributed by atoms with Gasteiger partial charge in [-0.1, -0.05) is 13.0 Å². The van der Waals surface area contributed by atoms with Crippen molar-refractivity contribution in [2.45, 2.75) is 44.4 Å². The highest BCUT2D eigenvalue weighted by molar-refractivity contribution is 5.82. The molecule has 1 N–H and O–H groups in total. The fourth-order valence-electron chi connectivity index (χ4n) is 3.04. The van der Waals surface area contributed by atoms with E-state index in [-0.39, 0.29) is 37.5 Å². The van der Waals surface area contributed by atoms with Gasteiger partial charge in [0.2, 0.25) is 0 Å². The van der Waals surface area contributed by atoms with Crippen molar-refractivity contribution in [3.05, 3.63) is 12.7 Å². The molecule has 7 nitrogen and oxygen atoms in total. The highest BCUT2D eigenvalue weighted by Gasteiger charge is 2.40. The number of likely N-dealkylation sites (tertiary alicyclic amines) is 1. The van der Waals surface area contributed by atoms with Crippen molar-refractivity contribution in [3.63, 3.8) is 0 Å². The van der Waals surface area contributed by atoms with E-state index in [1.54, 1.807) is 25.2 Å². The summed E-state index contributed by atoms with van der Waals surface area (Å²) in [6, 6.07) is -0.193. The predicted molar refractivity (Wildman–Crippen MR) is 89.3 cm³/mol. The van der Waals surface area contributed by atoms with Crippen molar-refractivity contribution < 1.29 is 28.8 Å². The minimum Gasteiger partial charge on any atom is -0.383 e. The zero-order valence-electron chi connectivity index (χ0n) is 15.0. The topological polar surface area (TPSA) is 77.5 Å². The van der Waals surface area contributed by atoms with E-state index in [9.17, 15) is 9.90 Å². The number of rotatable bonds is 12. The highest BCUT2D eigenvalue weighted by atomic mass is 16.7. The number of carbonyl (C=O) groups excluding carboxylic acids is 1. The van der Waals surface area contributed by atoms with Gasteiger partial charge < -0.3 is 29.0 Å². The smallest absolute Gasteiger partial charge is 0.252 e. The molecule has 1 fully saturated rings. The van der Waals surface area contributed by atoms with Crippen LogP contribution in [0.25, 0.3) is 0 Å². The van der Waals surface area contributed by atoms with Crippen molar-refractivity contribution in [1.82, 2.24) is 4.90 Å². The third-order valence-corrected chi connectivity index (χ3v) is 4.33. The van der Waals surface area contributed by atoms with Crippen LogP contribution in [0.3, 0.4) is 0 Å². The van der Waals surface area contributed by atoms with E-state index in [0.29, 0.717) is 19.6 Å². The van der Waals surface area contributed by atoms with E-state index in [0.717, 1.165) is 12.8 Å². The van der Waals surface area contributed by atoms with Gasteiger partial charge in [-0.15, -0.1) is 6.58 Å². The highest BCUT2D eigenvalue weighted by Crippen LogP contribution is 2.27. The molecular weight excluding hydrogens is 314 g/mol. The standard InChI is InChI=1S/C17H31NO6/c1-5-13(6-2)16(19)17(20)18-14(9-23-11-21-3)7-8-15(18)10-24-12-22-4/h5,13-16,19H,1,6-12H2,2-4H3/t13-,14+,15+,16+/m1/s1. The van der Waals surface area contributed by atoms with E-state index in [1.807, 2.05) is 6.92 Å². The summed E-state index contributed by atoms with van der Waals surface area (Å²) in [6.45, 7) is 6.73. The Bertz CT molecular complexity index is 360. The number of methoxy groups -OCH3 is 2. The summed E-state index contributed by atoms with van der Waals surface area (Å²) in [7, 11) is 3.11. The normalized spacial score (nSPS) is 23.2. The molecule has 24 heavy (non-hydrogen) atoms. The van der Waals surface area contributed by atoms with Crippen LogP contribution in [-0.2, 0) is 23.7 Å². The van der Waals surface area contributed by atoms with Gasteiger partial charge in [0.25, 0.3) is 5.91 Å². The Morgan fingerprint density at radius 2 is 1.71 bits per heavy atom. The van der Waals surface area contributed by atoms with Crippen LogP contribution in [0.15, 0.2) is 12.7 Å². The number of hydrogen-bond acceptors (Lipinski definition) is 6. The Morgan fingerprint density at radius 3 is 2.08 bits per heavy atom. The minimum atomic E-state index is -1.10. The molecule has 0 spiro atoms. The Labute approximate surface area is 144 Å². The Kier molecular flexibility index (Phi) is 10.1. The quantitative estimate of drug-likeness (QED) is 0.325. The predicted octanol–water partition coefficient (Wildman–Crippen LogP) is 1.16. The Hall–Kier alpha value is -0.990. The monoisotopic (exact) mass is 345 g/mol. The lowest BCUT2D eigenvalue weighted by Crippen LogP contribution is -2.51. The second-order valence-electron chi connectivity index (χ2n) is 5.94. The van der Waals surface area contributed by atoms with E-state index in [4.69, 9.17) is 18.9 Å². The molecule has 0 unspecified atom stereocenters. The van der Waals surface area contributed by atoms with Crippen molar-refractivity contribution in [3.8, 4) is 0 Å². The molecule has 0 saturated carbocycles. The molecule has 0 aliphatic carbocycles. The van der Waals surface area contributed by atoms with Crippen LogP contribution in [0, 0.1) is 5.92 Å². The van der Waals surface area contributed by atoms with Crippen molar-refractivity contribution >= 4 is 5.91 Å². The maximum Gasteiger partial charge on any atom is 0.252 e. The number of ether oxygens (including phenoxy) is 4. The van der Waals surface area contributed by atoms with Gasteiger partial charge in [0, 0.05) is 20.1 Å². The summed E-state index contributed by atoms with van der Waals surface area (Å²) in [6.07, 6.45) is 2.79. The lowest BCUT2D eigenvalue weighted by molar-refractivity contribution is -0.150. The molecule has 0 aromatic rings. The Morgan fingerprint density at radius 1 is 1.21 bits per heavy atom. The van der Waals surface area contributed by atoms with Gasteiger partial charge in [0.1, 0.15) is 19.7 Å². The maximum atomic E-state index is 12.8. The molecule has 0 bridgehead atoms. The second-order valence-corrected chi connectivity index (χ2v) is 5.94. The van der Waals surface area contributed by atoms with Crippen LogP contribution in [0.4, 0.5) is 0 Å². The summed E-state index contributed by atoms with van der Waals surface area (Å²) >= 11 is 0. The molecule has 7 heteroatoms. The van der Waals surface area contributed by atoms with Crippen molar-refractivity contribution in [2.24, 2.45) is 5.92 Å². The van der Waals surface area contributed by atoms with E-state index in [2.05, 4.69) is 6.58 Å². The summed E-state index contributed by atoms with van der Waals surface area (Å²) in [5.41, 5.74) is 0. The van der Waals surface area contributed by atoms with Gasteiger partial charge in [-0.05, 0) is 19.3 Å². The van der Waals surface area contributed by atoms with Crippen molar-refractivity contribution in [2.75, 3.05) is 41.0 Å². The number of carbonyl (C=O) groups is 1. The van der Waals surface area contributed by atoms with Crippen LogP contribution in [0.5, 0.6) is 0 Å². The zero-order chi connectivity index (χ0) is 17.9. The van der Waals surface area contributed by atoms with E-state index >= 15 is 0 Å². The fourth-order valence-corrected chi connectivity index (χ4v) is 3.04. The molecule has 1 amide bonds. The van der Waals surface area contributed by atoms with Gasteiger partial charge in [0.05, 0.1) is 25.3 Å². The fraction of sp³-hybridized carbons (Fsp3) is 0.824. The lowest BCUT2D eigenvalue weighted by atomic mass is 9.98. The van der Waals surface area contributed by atoms with E-state index in [1.165, 1.54) is 0 Å². The molecule has 1 aliphatic rings. The third-order valence-electron chi connectivity index (χ3n) is 4.33. The van der Waals surface area contributed by atoms with Crippen LogP contribution in [0.2, 0.25) is 0 Å². The van der Waals surface area contributed by atoms with Crippen LogP contribution < -0.4 is 0 Å². The molecule has 1 aliphatic heterocycles. The molecule has 1 rings (SSSR count). The number of aliphatic hydroxyl groups is 1. The first-order chi connectivity index (χ1) is 11.6. The molecule has 0 aromatic carbocycles. The number of hydrogen-bond donors (Lipinski definition) is 1. The zero-order valence-corrected chi connectivity index (χ0v) is 15.0. The maximum absolute atomic E-state index is 12.8. The first kappa shape index (κ1) is 21.1. The number of amides is 1. The minimum absolute atomic E-state index is 0.0965. The summed E-state index contributed by atoms with van der Waals surface area (Å²) in [4.78, 5) is 14.6. The van der Waals surface area contributed by atoms with Gasteiger partial charge in [-0.2, -0.15) is 0 Å². The molecule has 1 heterocycles. The molecule has 0 aromatic heterocycles. The Balaban J connectivity index is 2.79. The van der Waals surface area contributed by atoms with Crippen LogP contribution >= 0.6 is 0 Å². The van der Waals surface area contributed by atoms with Crippen LogP contribution in [-0.4, -0.2) is 75.1 Å². The number of nitrogens with zero attached hydrogens (tertiary/aromatic N) is 1. The SMILES string of the molecule is C=C[C@H](CC)[C@H](O)C(=O)N1[C@H](COCOC)CC[C@H]1COCOC. The van der Waals surface area contributed by atoms with Gasteiger partial charge >= 0.3 is 0 Å². The summed E-state index contributed by atoms with van der Waals surface area (Å²) < 4.78 is 20.7. The van der Waals surface area contributed by atoms with Gasteiger partial charge in [0.15, 0.2) is 0 Å².